The molecule has 1 aromatic carbocycles. The molecule has 2 aliphatic heterocycles. The third kappa shape index (κ3) is 7.67. The van der Waals surface area contributed by atoms with Crippen molar-refractivity contribution in [2.24, 2.45) is 5.41 Å². The fraction of sp³-hybridized carbons (Fsp3) is 0.480. The van der Waals surface area contributed by atoms with Crippen molar-refractivity contribution >= 4 is 42.2 Å². The van der Waals surface area contributed by atoms with E-state index < -0.39 is 7.81 Å². The molecule has 0 bridgehead atoms. The molecule has 220 valence electrons. The SMILES string of the molecule is F[P-](F)(F)(F)(F)F.O=C(NC1CCCCC12CCN(C(=O)CN1C(=O)CCC1=O)C2)c1cccc2c[nH+]ccc12. The smallest absolute Gasteiger partial charge is 0.252 e. The Kier molecular flexibility index (Phi) is 7.40. The van der Waals surface area contributed by atoms with E-state index in [2.05, 4.69) is 10.3 Å². The number of likely N-dealkylation sites (tertiary alicyclic amines) is 2. The Bertz CT molecular complexity index is 1320. The zero-order valence-corrected chi connectivity index (χ0v) is 22.2. The topological polar surface area (TPSA) is 101 Å². The van der Waals surface area contributed by atoms with Crippen LogP contribution in [-0.2, 0) is 14.4 Å². The Morgan fingerprint density at radius 2 is 1.68 bits per heavy atom. The summed E-state index contributed by atoms with van der Waals surface area (Å²) in [5.74, 6) is -0.803. The summed E-state index contributed by atoms with van der Waals surface area (Å²) in [7, 11) is -10.7. The molecule has 8 nitrogen and oxygen atoms in total. The number of carbonyl (C=O) groups excluding carboxylic acids is 4. The predicted molar refractivity (Wildman–Crippen MR) is 133 cm³/mol. The maximum absolute atomic E-state index is 13.3. The number of hydrogen-bond donors (Lipinski definition) is 1. The number of fused-ring (bicyclic) bond motifs is 1. The van der Waals surface area contributed by atoms with E-state index >= 15 is 0 Å². The van der Waals surface area contributed by atoms with Gasteiger partial charge in [0.05, 0.1) is 0 Å². The minimum atomic E-state index is -10.7. The van der Waals surface area contributed by atoms with Crippen LogP contribution in [0.5, 0.6) is 0 Å². The average Bonchev–Trinajstić information content (AvgIpc) is 3.42. The zero-order chi connectivity index (χ0) is 29.4. The van der Waals surface area contributed by atoms with E-state index in [4.69, 9.17) is 0 Å². The van der Waals surface area contributed by atoms with Crippen molar-refractivity contribution in [1.82, 2.24) is 15.1 Å². The fourth-order valence-corrected chi connectivity index (χ4v) is 5.76. The number of hydrogen-bond acceptors (Lipinski definition) is 4. The van der Waals surface area contributed by atoms with Crippen LogP contribution in [0.3, 0.4) is 0 Å². The summed E-state index contributed by atoms with van der Waals surface area (Å²) in [6.07, 6.45) is 8.84. The second-order valence-electron chi connectivity index (χ2n) is 10.5. The number of carbonyl (C=O) groups is 4. The van der Waals surface area contributed by atoms with Gasteiger partial charge in [0, 0.05) is 59.8 Å². The molecule has 3 fully saturated rings. The van der Waals surface area contributed by atoms with Gasteiger partial charge in [-0.3, -0.25) is 24.1 Å². The number of benzene rings is 1. The molecule has 5 rings (SSSR count). The van der Waals surface area contributed by atoms with Crippen molar-refractivity contribution < 1.29 is 49.3 Å². The number of aromatic nitrogens is 1. The van der Waals surface area contributed by atoms with Crippen LogP contribution in [-0.4, -0.2) is 59.1 Å². The third-order valence-electron chi connectivity index (χ3n) is 7.62. The number of nitrogens with one attached hydrogen (secondary N) is 2. The van der Waals surface area contributed by atoms with Crippen LogP contribution in [0, 0.1) is 5.41 Å². The first kappa shape index (κ1) is 29.7. The molecule has 40 heavy (non-hydrogen) atoms. The van der Waals surface area contributed by atoms with Crippen LogP contribution in [0.25, 0.3) is 10.8 Å². The predicted octanol–water partition coefficient (Wildman–Crippen LogP) is 5.08. The molecule has 15 heteroatoms. The van der Waals surface area contributed by atoms with Crippen molar-refractivity contribution in [3.63, 3.8) is 0 Å². The second-order valence-corrected chi connectivity index (χ2v) is 12.4. The number of imide groups is 1. The van der Waals surface area contributed by atoms with E-state index in [1.165, 1.54) is 0 Å². The number of nitrogens with zero attached hydrogens (tertiary/aromatic N) is 2. The van der Waals surface area contributed by atoms with Gasteiger partial charge in [0.1, 0.15) is 6.54 Å². The summed E-state index contributed by atoms with van der Waals surface area (Å²) in [4.78, 5) is 56.0. The third-order valence-corrected chi connectivity index (χ3v) is 7.62. The Hall–Kier alpha value is -3.28. The summed E-state index contributed by atoms with van der Waals surface area (Å²) in [5, 5.41) is 5.18. The van der Waals surface area contributed by atoms with Gasteiger partial charge in [-0.1, -0.05) is 18.9 Å². The van der Waals surface area contributed by atoms with Crippen LogP contribution in [0.1, 0.15) is 55.3 Å². The van der Waals surface area contributed by atoms with E-state index in [9.17, 15) is 44.4 Å². The van der Waals surface area contributed by atoms with E-state index in [0.29, 0.717) is 18.7 Å². The zero-order valence-electron chi connectivity index (χ0n) is 21.4. The number of aromatic amines is 1. The van der Waals surface area contributed by atoms with Crippen LogP contribution in [0.15, 0.2) is 36.7 Å². The molecule has 2 N–H and O–H groups in total. The van der Waals surface area contributed by atoms with Crippen molar-refractivity contribution in [2.45, 2.75) is 51.0 Å². The van der Waals surface area contributed by atoms with Gasteiger partial charge in [-0.05, 0) is 31.4 Å². The van der Waals surface area contributed by atoms with Crippen LogP contribution in [0.4, 0.5) is 25.2 Å². The Morgan fingerprint density at radius 3 is 2.35 bits per heavy atom. The van der Waals surface area contributed by atoms with Crippen molar-refractivity contribution in [3.8, 4) is 0 Å². The van der Waals surface area contributed by atoms with E-state index in [1.54, 1.807) is 4.90 Å². The first-order valence-corrected chi connectivity index (χ1v) is 14.8. The Balaban J connectivity index is 0.000000470. The number of amides is 4. The summed E-state index contributed by atoms with van der Waals surface area (Å²) in [6, 6.07) is 7.61. The molecule has 1 spiro atoms. The van der Waals surface area contributed by atoms with Gasteiger partial charge in [-0.25, -0.2) is 4.98 Å². The first-order valence-electron chi connectivity index (χ1n) is 12.8. The number of H-pyrrole nitrogens is 1. The van der Waals surface area contributed by atoms with E-state index in [0.717, 1.165) is 47.8 Å². The van der Waals surface area contributed by atoms with Crippen molar-refractivity contribution in [1.29, 1.82) is 0 Å². The summed E-state index contributed by atoms with van der Waals surface area (Å²) < 4.78 is 59.2. The average molecular weight is 594 g/mol. The van der Waals surface area contributed by atoms with Crippen LogP contribution >= 0.6 is 7.81 Å². The molecule has 1 aliphatic carbocycles. The molecule has 2 saturated heterocycles. The van der Waals surface area contributed by atoms with E-state index in [1.807, 2.05) is 36.7 Å². The first-order chi connectivity index (χ1) is 18.4. The van der Waals surface area contributed by atoms with Crippen LogP contribution in [0.2, 0.25) is 0 Å². The van der Waals surface area contributed by atoms with Gasteiger partial charge >= 0.3 is 33.0 Å². The maximum atomic E-state index is 13.3. The number of pyridine rings is 1. The second kappa shape index (κ2) is 9.97. The molecule has 3 heterocycles. The summed E-state index contributed by atoms with van der Waals surface area (Å²) >= 11 is 0. The largest absolute Gasteiger partial charge is 0.349 e. The quantitative estimate of drug-likeness (QED) is 0.303. The summed E-state index contributed by atoms with van der Waals surface area (Å²) in [6.45, 7) is 0.973. The molecule has 4 amide bonds. The van der Waals surface area contributed by atoms with Gasteiger partial charge in [-0.15, -0.1) is 0 Å². The molecule has 2 unspecified atom stereocenters. The maximum Gasteiger partial charge on any atom is 0.252 e. The number of rotatable bonds is 4. The Morgan fingerprint density at radius 1 is 1.00 bits per heavy atom. The van der Waals surface area contributed by atoms with Crippen LogP contribution < -0.4 is 10.3 Å². The van der Waals surface area contributed by atoms with Gasteiger partial charge in [0.25, 0.3) is 5.91 Å². The standard InChI is InChI=1S/C25H28N4O4.F6P/c30-21-7-8-22(31)29(21)15-23(32)28-13-11-25(16-28)10-2-1-6-20(25)27-24(33)19-5-3-4-17-14-26-12-9-18(17)19;1-7(2,3,4,5)6/h3-5,9,12,14,20H,1-2,6-8,10-11,13,15-16H2,(H,27,33);/q;-1/p+1. The molecule has 1 aromatic heterocycles. The molecular weight excluding hydrogens is 565 g/mol. The summed E-state index contributed by atoms with van der Waals surface area (Å²) in [5.41, 5.74) is 0.486. The molecule has 1 saturated carbocycles. The monoisotopic (exact) mass is 594 g/mol. The van der Waals surface area contributed by atoms with Gasteiger partial charge in [0.15, 0.2) is 12.4 Å². The molecule has 3 aliphatic rings. The minimum absolute atomic E-state index is 0.0165. The van der Waals surface area contributed by atoms with Crippen molar-refractivity contribution in [3.05, 3.63) is 42.2 Å². The van der Waals surface area contributed by atoms with E-state index in [-0.39, 0.29) is 54.5 Å². The molecule has 2 atom stereocenters. The van der Waals surface area contributed by atoms with Gasteiger partial charge in [0.2, 0.25) is 17.7 Å². The van der Waals surface area contributed by atoms with Gasteiger partial charge in [-0.2, -0.15) is 0 Å². The normalized spacial score (nSPS) is 24.9. The molecular formula is C25H29F6N4O4P. The Labute approximate surface area is 225 Å². The van der Waals surface area contributed by atoms with Crippen molar-refractivity contribution in [2.75, 3.05) is 19.6 Å². The number of halogens is 6. The fourth-order valence-electron chi connectivity index (χ4n) is 5.76. The van der Waals surface area contributed by atoms with Gasteiger partial charge < -0.3 is 10.2 Å². The molecule has 2 aromatic rings. The minimum Gasteiger partial charge on any atom is -0.349 e. The molecule has 0 radical (unpaired) electrons.